The summed E-state index contributed by atoms with van der Waals surface area (Å²) in [6, 6.07) is 7.46. The number of ether oxygens (including phenoxy) is 1. The highest BCUT2D eigenvalue weighted by Gasteiger charge is 2.12. The van der Waals surface area contributed by atoms with Crippen molar-refractivity contribution in [3.05, 3.63) is 42.5 Å². The minimum absolute atomic E-state index is 0.0143. The van der Waals surface area contributed by atoms with E-state index in [4.69, 9.17) is 9.84 Å². The van der Waals surface area contributed by atoms with Gasteiger partial charge in [-0.25, -0.2) is 0 Å². The molecule has 1 atom stereocenters. The van der Waals surface area contributed by atoms with Crippen molar-refractivity contribution in [1.82, 2.24) is 0 Å². The van der Waals surface area contributed by atoms with Gasteiger partial charge < -0.3 is 9.84 Å². The minimum Gasteiger partial charge on any atom is -0.494 e. The van der Waals surface area contributed by atoms with Gasteiger partial charge in [0.05, 0.1) is 18.9 Å². The number of unbranched alkanes of at least 4 members (excludes halogenated alkanes) is 1. The average Bonchev–Trinajstić information content (AvgIpc) is 2.43. The first kappa shape index (κ1) is 15.8. The molecule has 0 heterocycles. The fourth-order valence-electron chi connectivity index (χ4n) is 1.82. The molecular formula is C17H20O3. The van der Waals surface area contributed by atoms with E-state index >= 15 is 0 Å². The first-order valence-corrected chi connectivity index (χ1v) is 6.65. The number of allylic oxidation sites excluding steroid dienone is 1. The highest BCUT2D eigenvalue weighted by molar-refractivity contribution is 5.69. The number of aliphatic carboxylic acids is 1. The van der Waals surface area contributed by atoms with Gasteiger partial charge in [-0.2, -0.15) is 0 Å². The molecular weight excluding hydrogens is 252 g/mol. The normalized spacial score (nSPS) is 11.1. The molecule has 0 bridgehead atoms. The largest absolute Gasteiger partial charge is 0.494 e. The summed E-state index contributed by atoms with van der Waals surface area (Å²) >= 11 is 0. The molecule has 1 unspecified atom stereocenters. The van der Waals surface area contributed by atoms with Gasteiger partial charge >= 0.3 is 5.97 Å². The summed E-state index contributed by atoms with van der Waals surface area (Å²) in [6.07, 6.45) is 3.76. The van der Waals surface area contributed by atoms with E-state index in [2.05, 4.69) is 18.4 Å². The summed E-state index contributed by atoms with van der Waals surface area (Å²) < 4.78 is 5.58. The number of benzene rings is 1. The first-order chi connectivity index (χ1) is 9.67. The van der Waals surface area contributed by atoms with E-state index < -0.39 is 5.97 Å². The molecule has 1 rings (SSSR count). The molecule has 1 aromatic carbocycles. The van der Waals surface area contributed by atoms with E-state index in [1.165, 1.54) is 0 Å². The zero-order valence-corrected chi connectivity index (χ0v) is 11.8. The lowest BCUT2D eigenvalue weighted by Gasteiger charge is -2.10. The molecule has 0 saturated carbocycles. The molecule has 0 aliphatic carbocycles. The van der Waals surface area contributed by atoms with Crippen molar-refractivity contribution in [2.45, 2.75) is 32.1 Å². The third-order valence-electron chi connectivity index (χ3n) is 2.80. The predicted octanol–water partition coefficient (Wildman–Crippen LogP) is 3.61. The Balaban J connectivity index is 2.64. The van der Waals surface area contributed by atoms with Crippen LogP contribution in [0.25, 0.3) is 0 Å². The standard InChI is InChI=1S/C17H20O3/c1-3-5-6-12-20-16-10-8-14(9-11-16)15(7-4-2)13-17(18)19/h3,8-11,15H,1,5-6,12-13H2,2H3,(H,18,19). The van der Waals surface area contributed by atoms with E-state index in [1.54, 1.807) is 6.92 Å². The second-order valence-corrected chi connectivity index (χ2v) is 4.39. The van der Waals surface area contributed by atoms with Crippen LogP contribution in [0, 0.1) is 11.8 Å². The summed E-state index contributed by atoms with van der Waals surface area (Å²) in [7, 11) is 0. The van der Waals surface area contributed by atoms with Crippen LogP contribution in [0.15, 0.2) is 36.9 Å². The molecule has 3 heteroatoms. The quantitative estimate of drug-likeness (QED) is 0.446. The Hall–Kier alpha value is -2.21. The molecule has 20 heavy (non-hydrogen) atoms. The molecule has 0 spiro atoms. The Labute approximate surface area is 120 Å². The maximum absolute atomic E-state index is 10.8. The second kappa shape index (κ2) is 8.82. The molecule has 1 N–H and O–H groups in total. The highest BCUT2D eigenvalue weighted by atomic mass is 16.5. The lowest BCUT2D eigenvalue weighted by atomic mass is 9.96. The molecule has 0 amide bonds. The number of carboxylic acids is 1. The zero-order valence-electron chi connectivity index (χ0n) is 11.8. The summed E-state index contributed by atoms with van der Waals surface area (Å²) in [5.74, 6) is 5.38. The predicted molar refractivity (Wildman–Crippen MR) is 79.8 cm³/mol. The maximum atomic E-state index is 10.8. The second-order valence-electron chi connectivity index (χ2n) is 4.39. The van der Waals surface area contributed by atoms with Crippen molar-refractivity contribution in [3.63, 3.8) is 0 Å². The van der Waals surface area contributed by atoms with Crippen LogP contribution < -0.4 is 4.74 Å². The minimum atomic E-state index is -0.845. The highest BCUT2D eigenvalue weighted by Crippen LogP contribution is 2.22. The third-order valence-corrected chi connectivity index (χ3v) is 2.80. The van der Waals surface area contributed by atoms with Crippen molar-refractivity contribution in [1.29, 1.82) is 0 Å². The van der Waals surface area contributed by atoms with Gasteiger partial charge in [0.25, 0.3) is 0 Å². The fourth-order valence-corrected chi connectivity index (χ4v) is 1.82. The fraction of sp³-hybridized carbons (Fsp3) is 0.353. The summed E-state index contributed by atoms with van der Waals surface area (Å²) in [5, 5.41) is 8.89. The van der Waals surface area contributed by atoms with Crippen molar-refractivity contribution < 1.29 is 14.6 Å². The van der Waals surface area contributed by atoms with Crippen LogP contribution in [-0.2, 0) is 4.79 Å². The van der Waals surface area contributed by atoms with Crippen molar-refractivity contribution in [3.8, 4) is 17.6 Å². The van der Waals surface area contributed by atoms with Gasteiger partial charge in [0.2, 0.25) is 0 Å². The van der Waals surface area contributed by atoms with Gasteiger partial charge in [0, 0.05) is 0 Å². The molecule has 0 saturated heterocycles. The molecule has 0 aliphatic rings. The van der Waals surface area contributed by atoms with E-state index in [1.807, 2.05) is 30.3 Å². The van der Waals surface area contributed by atoms with Gasteiger partial charge in [-0.15, -0.1) is 12.5 Å². The van der Waals surface area contributed by atoms with Crippen LogP contribution in [-0.4, -0.2) is 17.7 Å². The zero-order chi connectivity index (χ0) is 14.8. The summed E-state index contributed by atoms with van der Waals surface area (Å²) in [4.78, 5) is 10.8. The number of rotatable bonds is 8. The summed E-state index contributed by atoms with van der Waals surface area (Å²) in [5.41, 5.74) is 0.903. The van der Waals surface area contributed by atoms with E-state index in [9.17, 15) is 4.79 Å². The molecule has 0 radical (unpaired) electrons. The van der Waals surface area contributed by atoms with E-state index in [0.717, 1.165) is 24.2 Å². The first-order valence-electron chi connectivity index (χ1n) is 6.65. The van der Waals surface area contributed by atoms with Crippen LogP contribution in [0.4, 0.5) is 0 Å². The molecule has 106 valence electrons. The lowest BCUT2D eigenvalue weighted by Crippen LogP contribution is -2.04. The molecule has 0 aromatic heterocycles. The lowest BCUT2D eigenvalue weighted by molar-refractivity contribution is -0.137. The van der Waals surface area contributed by atoms with Crippen LogP contribution in [0.3, 0.4) is 0 Å². The number of carbonyl (C=O) groups is 1. The van der Waals surface area contributed by atoms with E-state index in [-0.39, 0.29) is 12.3 Å². The van der Waals surface area contributed by atoms with Gasteiger partial charge in [0.15, 0.2) is 0 Å². The SMILES string of the molecule is C=CCCCOc1ccc(C(C#CC)CC(=O)O)cc1. The molecule has 3 nitrogen and oxygen atoms in total. The van der Waals surface area contributed by atoms with Crippen molar-refractivity contribution in [2.75, 3.05) is 6.61 Å². The van der Waals surface area contributed by atoms with Crippen LogP contribution in [0.5, 0.6) is 5.75 Å². The Morgan fingerprint density at radius 2 is 2.15 bits per heavy atom. The van der Waals surface area contributed by atoms with Gasteiger partial charge in [-0.1, -0.05) is 24.1 Å². The van der Waals surface area contributed by atoms with E-state index in [0.29, 0.717) is 6.61 Å². The van der Waals surface area contributed by atoms with Crippen LogP contribution >= 0.6 is 0 Å². The van der Waals surface area contributed by atoms with Crippen molar-refractivity contribution in [2.24, 2.45) is 0 Å². The number of hydrogen-bond donors (Lipinski definition) is 1. The molecule has 0 aliphatic heterocycles. The third kappa shape index (κ3) is 5.62. The van der Waals surface area contributed by atoms with Crippen LogP contribution in [0.2, 0.25) is 0 Å². The molecule has 0 fully saturated rings. The van der Waals surface area contributed by atoms with Gasteiger partial charge in [-0.3, -0.25) is 4.79 Å². The Morgan fingerprint density at radius 3 is 2.70 bits per heavy atom. The van der Waals surface area contributed by atoms with Crippen LogP contribution in [0.1, 0.15) is 37.7 Å². The Kier molecular flexibility index (Phi) is 6.99. The van der Waals surface area contributed by atoms with Gasteiger partial charge in [0.1, 0.15) is 5.75 Å². The topological polar surface area (TPSA) is 46.5 Å². The monoisotopic (exact) mass is 272 g/mol. The maximum Gasteiger partial charge on any atom is 0.304 e. The Bertz CT molecular complexity index is 491. The average molecular weight is 272 g/mol. The number of hydrogen-bond acceptors (Lipinski definition) is 2. The van der Waals surface area contributed by atoms with Gasteiger partial charge in [-0.05, 0) is 37.5 Å². The summed E-state index contributed by atoms with van der Waals surface area (Å²) in [6.45, 7) is 6.03. The number of carboxylic acid groups (broad SMARTS) is 1. The Morgan fingerprint density at radius 1 is 1.45 bits per heavy atom. The molecule has 1 aromatic rings. The van der Waals surface area contributed by atoms with Crippen molar-refractivity contribution >= 4 is 5.97 Å². The smallest absolute Gasteiger partial charge is 0.304 e.